The molecule has 2 aromatic heterocycles. The zero-order valence-electron chi connectivity index (χ0n) is 12.0. The minimum atomic E-state index is 0.232. The number of thiophene rings is 2. The molecule has 0 spiro atoms. The normalized spacial score (nSPS) is 23.2. The van der Waals surface area contributed by atoms with Crippen LogP contribution in [0.15, 0.2) is 51.9 Å². The van der Waals surface area contributed by atoms with Gasteiger partial charge in [-0.25, -0.2) is 0 Å². The number of rotatable bonds is 2. The summed E-state index contributed by atoms with van der Waals surface area (Å²) in [5.41, 5.74) is 4.08. The summed E-state index contributed by atoms with van der Waals surface area (Å²) in [6.45, 7) is 0. The molecule has 2 aromatic rings. The average Bonchev–Trinajstić information content (AvgIpc) is 3.20. The summed E-state index contributed by atoms with van der Waals surface area (Å²) in [5, 5.41) is 11.8. The van der Waals surface area contributed by atoms with Crippen molar-refractivity contribution in [3.8, 4) is 0 Å². The van der Waals surface area contributed by atoms with Gasteiger partial charge in [-0.05, 0) is 71.6 Å². The lowest BCUT2D eigenvalue weighted by Gasteiger charge is -2.35. The molecule has 1 aliphatic heterocycles. The van der Waals surface area contributed by atoms with Crippen molar-refractivity contribution in [2.45, 2.75) is 25.3 Å². The fourth-order valence-corrected chi connectivity index (χ4v) is 4.84. The molecule has 0 saturated heterocycles. The fourth-order valence-electron chi connectivity index (χ4n) is 3.13. The minimum Gasteiger partial charge on any atom is -0.351 e. The Morgan fingerprint density at radius 2 is 2.00 bits per heavy atom. The second-order valence-electron chi connectivity index (χ2n) is 5.49. The van der Waals surface area contributed by atoms with E-state index in [1.54, 1.807) is 22.7 Å². The molecule has 0 fully saturated rings. The van der Waals surface area contributed by atoms with E-state index in [0.717, 1.165) is 18.0 Å². The Bertz CT molecular complexity index is 739. The number of hydrogen-bond acceptors (Lipinski definition) is 3. The second kappa shape index (κ2) is 5.99. The number of nitrogens with one attached hydrogen (secondary N) is 2. The van der Waals surface area contributed by atoms with Crippen LogP contribution in [0.2, 0.25) is 0 Å². The van der Waals surface area contributed by atoms with Gasteiger partial charge in [0, 0.05) is 15.5 Å². The second-order valence-corrected chi connectivity index (χ2v) is 7.85. The third-order valence-corrected chi connectivity index (χ3v) is 6.06. The van der Waals surface area contributed by atoms with E-state index in [1.807, 2.05) is 0 Å². The first-order valence-corrected chi connectivity index (χ1v) is 9.56. The molecule has 112 valence electrons. The van der Waals surface area contributed by atoms with Crippen LogP contribution >= 0.6 is 34.9 Å². The van der Waals surface area contributed by atoms with Crippen molar-refractivity contribution in [2.75, 3.05) is 0 Å². The molecule has 1 atom stereocenters. The van der Waals surface area contributed by atoms with E-state index in [0.29, 0.717) is 0 Å². The van der Waals surface area contributed by atoms with Crippen LogP contribution in [0.25, 0.3) is 6.08 Å². The molecule has 1 aliphatic carbocycles. The Labute approximate surface area is 143 Å². The van der Waals surface area contributed by atoms with E-state index >= 15 is 0 Å². The van der Waals surface area contributed by atoms with E-state index < -0.39 is 0 Å². The molecular weight excluding hydrogens is 328 g/mol. The van der Waals surface area contributed by atoms with Crippen molar-refractivity contribution in [1.82, 2.24) is 10.6 Å². The molecule has 0 bridgehead atoms. The number of thiocarbonyl (C=S) groups is 1. The average molecular weight is 345 g/mol. The predicted molar refractivity (Wildman–Crippen MR) is 99.1 cm³/mol. The van der Waals surface area contributed by atoms with Gasteiger partial charge in [0.15, 0.2) is 5.11 Å². The molecule has 5 heteroatoms. The molecule has 2 N–H and O–H groups in total. The Kier molecular flexibility index (Phi) is 3.86. The molecule has 2 nitrogen and oxygen atoms in total. The van der Waals surface area contributed by atoms with Gasteiger partial charge in [0.1, 0.15) is 0 Å². The lowest BCUT2D eigenvalue weighted by Crippen LogP contribution is -2.44. The summed E-state index contributed by atoms with van der Waals surface area (Å²) in [7, 11) is 0. The van der Waals surface area contributed by atoms with E-state index in [1.165, 1.54) is 33.0 Å². The van der Waals surface area contributed by atoms with Gasteiger partial charge in [-0.1, -0.05) is 12.1 Å². The SMILES string of the molecule is S=C1NC2=C(CCCC2=Cc2cccs2)[C@@H](c2cccs2)N1. The number of hydrogen-bond donors (Lipinski definition) is 2. The lowest BCUT2D eigenvalue weighted by atomic mass is 9.85. The Morgan fingerprint density at radius 3 is 2.77 bits per heavy atom. The van der Waals surface area contributed by atoms with Gasteiger partial charge in [-0.3, -0.25) is 0 Å². The quantitative estimate of drug-likeness (QED) is 0.762. The van der Waals surface area contributed by atoms with Crippen molar-refractivity contribution in [2.24, 2.45) is 0 Å². The monoisotopic (exact) mass is 344 g/mol. The highest BCUT2D eigenvalue weighted by atomic mass is 32.1. The van der Waals surface area contributed by atoms with Crippen LogP contribution in [-0.4, -0.2) is 5.11 Å². The van der Waals surface area contributed by atoms with Crippen LogP contribution in [0, 0.1) is 0 Å². The summed E-state index contributed by atoms with van der Waals surface area (Å²) >= 11 is 9.02. The van der Waals surface area contributed by atoms with Crippen LogP contribution in [-0.2, 0) is 0 Å². The largest absolute Gasteiger partial charge is 0.351 e. The Morgan fingerprint density at radius 1 is 1.14 bits per heavy atom. The molecule has 0 amide bonds. The minimum absolute atomic E-state index is 0.232. The first-order chi connectivity index (χ1) is 10.8. The van der Waals surface area contributed by atoms with Gasteiger partial charge in [0.25, 0.3) is 0 Å². The molecular formula is C17H16N2S3. The van der Waals surface area contributed by atoms with Crippen molar-refractivity contribution >= 4 is 46.1 Å². The highest BCUT2D eigenvalue weighted by Gasteiger charge is 2.30. The van der Waals surface area contributed by atoms with Crippen LogP contribution in [0.4, 0.5) is 0 Å². The molecule has 3 heterocycles. The van der Waals surface area contributed by atoms with Gasteiger partial charge in [-0.2, -0.15) is 0 Å². The number of allylic oxidation sites excluding steroid dienone is 1. The molecule has 0 unspecified atom stereocenters. The van der Waals surface area contributed by atoms with Crippen molar-refractivity contribution in [1.29, 1.82) is 0 Å². The summed E-state index contributed by atoms with van der Waals surface area (Å²) < 4.78 is 0. The maximum absolute atomic E-state index is 5.45. The molecule has 0 saturated carbocycles. The topological polar surface area (TPSA) is 24.1 Å². The van der Waals surface area contributed by atoms with Crippen molar-refractivity contribution in [3.63, 3.8) is 0 Å². The van der Waals surface area contributed by atoms with Gasteiger partial charge in [0.05, 0.1) is 6.04 Å². The van der Waals surface area contributed by atoms with E-state index in [9.17, 15) is 0 Å². The van der Waals surface area contributed by atoms with E-state index in [-0.39, 0.29) is 6.04 Å². The van der Waals surface area contributed by atoms with Gasteiger partial charge >= 0.3 is 0 Å². The third kappa shape index (κ3) is 2.64. The zero-order valence-corrected chi connectivity index (χ0v) is 14.4. The summed E-state index contributed by atoms with van der Waals surface area (Å²) in [4.78, 5) is 2.65. The van der Waals surface area contributed by atoms with E-state index in [4.69, 9.17) is 12.2 Å². The van der Waals surface area contributed by atoms with Gasteiger partial charge in [-0.15, -0.1) is 22.7 Å². The van der Waals surface area contributed by atoms with Crippen LogP contribution in [0.1, 0.15) is 35.1 Å². The Balaban J connectivity index is 1.78. The maximum atomic E-state index is 5.45. The van der Waals surface area contributed by atoms with Gasteiger partial charge in [0.2, 0.25) is 0 Å². The maximum Gasteiger partial charge on any atom is 0.171 e. The zero-order chi connectivity index (χ0) is 14.9. The smallest absolute Gasteiger partial charge is 0.171 e. The molecule has 0 radical (unpaired) electrons. The van der Waals surface area contributed by atoms with Crippen LogP contribution in [0.5, 0.6) is 0 Å². The van der Waals surface area contributed by atoms with Crippen LogP contribution in [0.3, 0.4) is 0 Å². The third-order valence-electron chi connectivity index (χ3n) is 4.08. The molecule has 2 aliphatic rings. The van der Waals surface area contributed by atoms with E-state index in [2.05, 4.69) is 51.7 Å². The standard InChI is InChI=1S/C17H16N2S3/c20-17-18-15-11(10-12-5-2-8-21-12)4-1-6-13(15)16(19-17)14-7-3-9-22-14/h2-3,5,7-10,16H,1,4,6H2,(H2,18,19,20)/t16-/m0/s1. The lowest BCUT2D eigenvalue weighted by molar-refractivity contribution is 0.615. The highest BCUT2D eigenvalue weighted by molar-refractivity contribution is 7.80. The summed E-state index contributed by atoms with van der Waals surface area (Å²) in [5.74, 6) is 0. The molecule has 0 aromatic carbocycles. The Hall–Kier alpha value is -1.43. The first-order valence-electron chi connectivity index (χ1n) is 7.39. The van der Waals surface area contributed by atoms with Crippen LogP contribution < -0.4 is 10.6 Å². The molecule has 4 rings (SSSR count). The summed E-state index contributed by atoms with van der Waals surface area (Å²) in [6.07, 6.45) is 5.76. The fraction of sp³-hybridized carbons (Fsp3) is 0.235. The first kappa shape index (κ1) is 14.2. The molecule has 22 heavy (non-hydrogen) atoms. The highest BCUT2D eigenvalue weighted by Crippen LogP contribution is 2.39. The van der Waals surface area contributed by atoms with Gasteiger partial charge < -0.3 is 10.6 Å². The van der Waals surface area contributed by atoms with Crippen molar-refractivity contribution in [3.05, 3.63) is 61.6 Å². The van der Waals surface area contributed by atoms with Crippen molar-refractivity contribution < 1.29 is 0 Å². The summed E-state index contributed by atoms with van der Waals surface area (Å²) in [6, 6.07) is 8.80. The predicted octanol–water partition coefficient (Wildman–Crippen LogP) is 4.85.